The third-order valence-electron chi connectivity index (χ3n) is 2.55. The molecule has 1 aromatic rings. The van der Waals surface area contributed by atoms with Crippen LogP contribution in [0.2, 0.25) is 0 Å². The van der Waals surface area contributed by atoms with Gasteiger partial charge in [0.1, 0.15) is 5.75 Å². The molecular weight excluding hydrogens is 238 g/mol. The summed E-state index contributed by atoms with van der Waals surface area (Å²) in [4.78, 5) is 11.7. The van der Waals surface area contributed by atoms with Crippen molar-refractivity contribution in [2.75, 3.05) is 12.4 Å². The summed E-state index contributed by atoms with van der Waals surface area (Å²) in [5.74, 6) is 1.20. The van der Waals surface area contributed by atoms with Crippen LogP contribution in [0.25, 0.3) is 0 Å². The highest BCUT2D eigenvalue weighted by molar-refractivity contribution is 6.18. The van der Waals surface area contributed by atoms with E-state index in [1.807, 2.05) is 0 Å². The van der Waals surface area contributed by atoms with E-state index >= 15 is 0 Å². The number of rotatable bonds is 6. The van der Waals surface area contributed by atoms with Crippen LogP contribution < -0.4 is 5.32 Å². The summed E-state index contributed by atoms with van der Waals surface area (Å²) in [5.41, 5.74) is 0.563. The van der Waals surface area contributed by atoms with E-state index < -0.39 is 0 Å². The van der Waals surface area contributed by atoms with Crippen molar-refractivity contribution in [2.24, 2.45) is 5.92 Å². The van der Waals surface area contributed by atoms with Crippen LogP contribution >= 0.6 is 11.6 Å². The first-order valence-corrected chi connectivity index (χ1v) is 6.30. The Hall–Kier alpha value is -1.22. The fourth-order valence-corrected chi connectivity index (χ4v) is 1.60. The molecule has 0 spiro atoms. The van der Waals surface area contributed by atoms with E-state index in [0.29, 0.717) is 23.9 Å². The van der Waals surface area contributed by atoms with Gasteiger partial charge in [-0.05, 0) is 43.0 Å². The average molecular weight is 256 g/mol. The average Bonchev–Trinajstić information content (AvgIpc) is 2.34. The first-order valence-electron chi connectivity index (χ1n) is 5.76. The topological polar surface area (TPSA) is 49.3 Å². The van der Waals surface area contributed by atoms with Gasteiger partial charge in [-0.3, -0.25) is 4.79 Å². The maximum atomic E-state index is 11.7. The Morgan fingerprint density at radius 3 is 2.65 bits per heavy atom. The van der Waals surface area contributed by atoms with Crippen LogP contribution in [-0.2, 0) is 0 Å². The SMILES string of the molecule is CC(CCl)CCCNC(=O)c1ccc(O)cc1. The maximum absolute atomic E-state index is 11.7. The van der Waals surface area contributed by atoms with Crippen molar-refractivity contribution >= 4 is 17.5 Å². The number of benzene rings is 1. The van der Waals surface area contributed by atoms with Crippen molar-refractivity contribution in [3.05, 3.63) is 29.8 Å². The second kappa shape index (κ2) is 7.17. The number of carbonyl (C=O) groups is 1. The van der Waals surface area contributed by atoms with E-state index in [-0.39, 0.29) is 11.7 Å². The van der Waals surface area contributed by atoms with Crippen LogP contribution in [0, 0.1) is 5.92 Å². The molecule has 2 N–H and O–H groups in total. The fourth-order valence-electron chi connectivity index (χ4n) is 1.44. The van der Waals surface area contributed by atoms with E-state index in [4.69, 9.17) is 16.7 Å². The molecule has 0 aromatic heterocycles. The van der Waals surface area contributed by atoms with E-state index in [9.17, 15) is 4.79 Å². The summed E-state index contributed by atoms with van der Waals surface area (Å²) in [6.45, 7) is 2.75. The number of amides is 1. The number of phenolic OH excluding ortho intramolecular Hbond substituents is 1. The molecule has 0 heterocycles. The van der Waals surface area contributed by atoms with Gasteiger partial charge in [-0.15, -0.1) is 11.6 Å². The molecule has 1 aromatic carbocycles. The van der Waals surface area contributed by atoms with Crippen molar-refractivity contribution in [1.82, 2.24) is 5.32 Å². The lowest BCUT2D eigenvalue weighted by atomic mass is 10.1. The maximum Gasteiger partial charge on any atom is 0.251 e. The lowest BCUT2D eigenvalue weighted by Gasteiger charge is -2.08. The van der Waals surface area contributed by atoms with Gasteiger partial charge in [0.2, 0.25) is 0 Å². The predicted octanol–water partition coefficient (Wildman–Crippen LogP) is 2.78. The summed E-state index contributed by atoms with van der Waals surface area (Å²) in [7, 11) is 0. The van der Waals surface area contributed by atoms with Gasteiger partial charge in [-0.2, -0.15) is 0 Å². The Balaban J connectivity index is 2.28. The molecule has 0 saturated heterocycles. The predicted molar refractivity (Wildman–Crippen MR) is 69.6 cm³/mol. The van der Waals surface area contributed by atoms with Gasteiger partial charge >= 0.3 is 0 Å². The first kappa shape index (κ1) is 13.8. The summed E-state index contributed by atoms with van der Waals surface area (Å²) in [6.07, 6.45) is 1.94. The number of alkyl halides is 1. The molecule has 1 unspecified atom stereocenters. The Bertz CT molecular complexity index is 351. The Labute approximate surface area is 107 Å². The highest BCUT2D eigenvalue weighted by Crippen LogP contribution is 2.10. The molecule has 0 aliphatic rings. The van der Waals surface area contributed by atoms with Crippen LogP contribution in [-0.4, -0.2) is 23.4 Å². The lowest BCUT2D eigenvalue weighted by Crippen LogP contribution is -2.24. The summed E-state index contributed by atoms with van der Waals surface area (Å²) < 4.78 is 0. The second-order valence-corrected chi connectivity index (χ2v) is 4.51. The Kier molecular flexibility index (Phi) is 5.84. The van der Waals surface area contributed by atoms with Gasteiger partial charge in [0, 0.05) is 18.0 Å². The molecular formula is C13H18ClNO2. The highest BCUT2D eigenvalue weighted by Gasteiger charge is 2.05. The molecule has 0 bridgehead atoms. The van der Waals surface area contributed by atoms with Crippen LogP contribution in [0.15, 0.2) is 24.3 Å². The zero-order valence-electron chi connectivity index (χ0n) is 9.95. The van der Waals surface area contributed by atoms with Crippen molar-refractivity contribution in [1.29, 1.82) is 0 Å². The van der Waals surface area contributed by atoms with Crippen molar-refractivity contribution < 1.29 is 9.90 Å². The number of halogens is 1. The summed E-state index contributed by atoms with van der Waals surface area (Å²) in [6, 6.07) is 6.22. The van der Waals surface area contributed by atoms with Crippen molar-refractivity contribution in [3.63, 3.8) is 0 Å². The largest absolute Gasteiger partial charge is 0.508 e. The monoisotopic (exact) mass is 255 g/mol. The van der Waals surface area contributed by atoms with E-state index in [2.05, 4.69) is 12.2 Å². The van der Waals surface area contributed by atoms with Crippen LogP contribution in [0.4, 0.5) is 0 Å². The number of carbonyl (C=O) groups excluding carboxylic acids is 1. The van der Waals surface area contributed by atoms with E-state index in [0.717, 1.165) is 12.8 Å². The molecule has 0 fully saturated rings. The first-order chi connectivity index (χ1) is 8.13. The lowest BCUT2D eigenvalue weighted by molar-refractivity contribution is 0.0952. The van der Waals surface area contributed by atoms with Gasteiger partial charge in [0.15, 0.2) is 0 Å². The number of nitrogens with one attached hydrogen (secondary N) is 1. The number of aromatic hydroxyl groups is 1. The highest BCUT2D eigenvalue weighted by atomic mass is 35.5. The summed E-state index contributed by atoms with van der Waals surface area (Å²) >= 11 is 5.69. The normalized spacial score (nSPS) is 12.1. The van der Waals surface area contributed by atoms with Gasteiger partial charge in [0.25, 0.3) is 5.91 Å². The molecule has 1 amide bonds. The van der Waals surface area contributed by atoms with E-state index in [1.54, 1.807) is 12.1 Å². The molecule has 1 atom stereocenters. The van der Waals surface area contributed by atoms with Gasteiger partial charge in [0.05, 0.1) is 0 Å². The molecule has 3 nitrogen and oxygen atoms in total. The second-order valence-electron chi connectivity index (χ2n) is 4.20. The smallest absolute Gasteiger partial charge is 0.251 e. The minimum Gasteiger partial charge on any atom is -0.508 e. The fraction of sp³-hybridized carbons (Fsp3) is 0.462. The number of hydrogen-bond acceptors (Lipinski definition) is 2. The molecule has 0 saturated carbocycles. The van der Waals surface area contributed by atoms with Gasteiger partial charge in [-0.25, -0.2) is 0 Å². The molecule has 0 radical (unpaired) electrons. The van der Waals surface area contributed by atoms with Crippen molar-refractivity contribution in [2.45, 2.75) is 19.8 Å². The number of hydrogen-bond donors (Lipinski definition) is 2. The standard InChI is InChI=1S/C13H18ClNO2/c1-10(9-14)3-2-8-15-13(17)11-4-6-12(16)7-5-11/h4-7,10,16H,2-3,8-9H2,1H3,(H,15,17). The minimum absolute atomic E-state index is 0.108. The van der Waals surface area contributed by atoms with Crippen LogP contribution in [0.5, 0.6) is 5.75 Å². The van der Waals surface area contributed by atoms with Crippen LogP contribution in [0.1, 0.15) is 30.1 Å². The molecule has 94 valence electrons. The Morgan fingerprint density at radius 2 is 2.06 bits per heavy atom. The molecule has 4 heteroatoms. The minimum atomic E-state index is -0.108. The van der Waals surface area contributed by atoms with Crippen molar-refractivity contribution in [3.8, 4) is 5.75 Å². The van der Waals surface area contributed by atoms with Gasteiger partial charge in [-0.1, -0.05) is 6.92 Å². The molecule has 0 aliphatic carbocycles. The molecule has 17 heavy (non-hydrogen) atoms. The molecule has 1 rings (SSSR count). The zero-order valence-corrected chi connectivity index (χ0v) is 10.7. The quantitative estimate of drug-likeness (QED) is 0.607. The Morgan fingerprint density at radius 1 is 1.41 bits per heavy atom. The third kappa shape index (κ3) is 5.09. The molecule has 0 aliphatic heterocycles. The van der Waals surface area contributed by atoms with E-state index in [1.165, 1.54) is 12.1 Å². The zero-order chi connectivity index (χ0) is 12.7. The number of phenols is 1. The third-order valence-corrected chi connectivity index (χ3v) is 3.08. The summed E-state index contributed by atoms with van der Waals surface area (Å²) in [5, 5.41) is 11.9. The van der Waals surface area contributed by atoms with Crippen LogP contribution in [0.3, 0.4) is 0 Å². The van der Waals surface area contributed by atoms with Gasteiger partial charge < -0.3 is 10.4 Å².